The highest BCUT2D eigenvalue weighted by molar-refractivity contribution is 5.90. The van der Waals surface area contributed by atoms with E-state index in [1.165, 1.54) is 0 Å². The van der Waals surface area contributed by atoms with E-state index in [9.17, 15) is 28.8 Å². The summed E-state index contributed by atoms with van der Waals surface area (Å²) in [7, 11) is 0. The molecular formula is C48H30O6. The maximum Gasteiger partial charge on any atom is 0.150 e. The molecule has 0 spiro atoms. The van der Waals surface area contributed by atoms with E-state index >= 15 is 0 Å². The SMILES string of the molecule is O=Cc1cc(C=O)cc(-c2ccc(-c3cc(-c4ccc(-c5cc(C=O)cc(C=O)c5)cc4)cc(-c4ccc(-c5cc(C=O)cc(C=O)c5)cc4)c3)cc2)c1. The number of carbonyl (C=O) groups excluding carboxylic acids is 6. The fourth-order valence-electron chi connectivity index (χ4n) is 6.63. The first-order valence-electron chi connectivity index (χ1n) is 17.0. The molecule has 0 atom stereocenters. The molecule has 258 valence electrons. The van der Waals surface area contributed by atoms with Crippen molar-refractivity contribution in [3.05, 3.63) is 179 Å². The summed E-state index contributed by atoms with van der Waals surface area (Å²) < 4.78 is 0. The first kappa shape index (κ1) is 35.0. The molecule has 0 unspecified atom stereocenters. The molecule has 0 radical (unpaired) electrons. The molecule has 54 heavy (non-hydrogen) atoms. The molecule has 7 rings (SSSR count). The molecule has 0 aliphatic heterocycles. The Labute approximate surface area is 311 Å². The van der Waals surface area contributed by atoms with Gasteiger partial charge in [0.25, 0.3) is 0 Å². The molecule has 0 aromatic heterocycles. The van der Waals surface area contributed by atoms with Gasteiger partial charge in [-0.15, -0.1) is 0 Å². The summed E-state index contributed by atoms with van der Waals surface area (Å²) in [6.07, 6.45) is 4.37. The second kappa shape index (κ2) is 15.4. The minimum Gasteiger partial charge on any atom is -0.298 e. The van der Waals surface area contributed by atoms with Crippen LogP contribution in [0.4, 0.5) is 0 Å². The van der Waals surface area contributed by atoms with Crippen LogP contribution in [-0.2, 0) is 0 Å². The van der Waals surface area contributed by atoms with Crippen LogP contribution in [0.15, 0.2) is 146 Å². The smallest absolute Gasteiger partial charge is 0.150 e. The fourth-order valence-corrected chi connectivity index (χ4v) is 6.63. The van der Waals surface area contributed by atoms with Gasteiger partial charge in [-0.05, 0) is 140 Å². The van der Waals surface area contributed by atoms with Crippen LogP contribution in [-0.4, -0.2) is 37.7 Å². The van der Waals surface area contributed by atoms with Crippen molar-refractivity contribution >= 4 is 37.7 Å². The van der Waals surface area contributed by atoms with Crippen LogP contribution in [0.1, 0.15) is 62.1 Å². The molecule has 0 amide bonds. The van der Waals surface area contributed by atoms with Gasteiger partial charge in [0.15, 0.2) is 0 Å². The zero-order valence-electron chi connectivity index (χ0n) is 28.8. The number of hydrogen-bond donors (Lipinski definition) is 0. The number of hydrogen-bond acceptors (Lipinski definition) is 6. The highest BCUT2D eigenvalue weighted by atomic mass is 16.1. The number of rotatable bonds is 12. The van der Waals surface area contributed by atoms with Crippen molar-refractivity contribution in [3.8, 4) is 66.8 Å². The largest absolute Gasteiger partial charge is 0.298 e. The maximum absolute atomic E-state index is 11.5. The van der Waals surface area contributed by atoms with Crippen LogP contribution in [0.3, 0.4) is 0 Å². The van der Waals surface area contributed by atoms with E-state index in [2.05, 4.69) is 18.2 Å². The topological polar surface area (TPSA) is 102 Å². The van der Waals surface area contributed by atoms with Gasteiger partial charge in [-0.25, -0.2) is 0 Å². The minimum atomic E-state index is 0.425. The number of aldehydes is 6. The van der Waals surface area contributed by atoms with Crippen molar-refractivity contribution in [2.75, 3.05) is 0 Å². The van der Waals surface area contributed by atoms with Crippen LogP contribution in [0, 0.1) is 0 Å². The van der Waals surface area contributed by atoms with Crippen molar-refractivity contribution in [2.24, 2.45) is 0 Å². The van der Waals surface area contributed by atoms with Crippen LogP contribution in [0.5, 0.6) is 0 Å². The molecule has 7 aromatic carbocycles. The summed E-state index contributed by atoms with van der Waals surface area (Å²) in [6.45, 7) is 0. The molecule has 7 aromatic rings. The van der Waals surface area contributed by atoms with Gasteiger partial charge in [0.2, 0.25) is 0 Å². The normalized spacial score (nSPS) is 10.7. The molecule has 6 nitrogen and oxygen atoms in total. The maximum atomic E-state index is 11.5. The highest BCUT2D eigenvalue weighted by Crippen LogP contribution is 2.36. The van der Waals surface area contributed by atoms with E-state index < -0.39 is 0 Å². The lowest BCUT2D eigenvalue weighted by molar-refractivity contribution is 0.111. The fraction of sp³-hybridized carbons (Fsp3) is 0. The summed E-state index contributed by atoms with van der Waals surface area (Å²) in [4.78, 5) is 69.1. The van der Waals surface area contributed by atoms with Crippen molar-refractivity contribution < 1.29 is 28.8 Å². The highest BCUT2D eigenvalue weighted by Gasteiger charge is 2.12. The summed E-state index contributed by atoms with van der Waals surface area (Å²) in [5.41, 5.74) is 13.2. The van der Waals surface area contributed by atoms with Gasteiger partial charge in [0.05, 0.1) is 0 Å². The lowest BCUT2D eigenvalue weighted by Crippen LogP contribution is -1.90. The zero-order chi connectivity index (χ0) is 37.6. The van der Waals surface area contributed by atoms with Crippen molar-refractivity contribution in [1.29, 1.82) is 0 Å². The summed E-state index contributed by atoms with van der Waals surface area (Å²) >= 11 is 0. The van der Waals surface area contributed by atoms with E-state index in [1.807, 2.05) is 72.8 Å². The molecule has 0 aliphatic carbocycles. The molecule has 0 bridgehead atoms. The van der Waals surface area contributed by atoms with Gasteiger partial charge < -0.3 is 0 Å². The predicted molar refractivity (Wildman–Crippen MR) is 211 cm³/mol. The van der Waals surface area contributed by atoms with Crippen LogP contribution in [0.25, 0.3) is 66.8 Å². The monoisotopic (exact) mass is 702 g/mol. The first-order valence-corrected chi connectivity index (χ1v) is 17.0. The second-order valence-corrected chi connectivity index (χ2v) is 12.9. The summed E-state index contributed by atoms with van der Waals surface area (Å²) in [6, 6.07) is 45.4. The molecule has 0 aliphatic rings. The van der Waals surface area contributed by atoms with Crippen molar-refractivity contribution in [1.82, 2.24) is 0 Å². The average molecular weight is 703 g/mol. The average Bonchev–Trinajstić information content (AvgIpc) is 3.25. The third-order valence-corrected chi connectivity index (χ3v) is 9.34. The molecular weight excluding hydrogens is 673 g/mol. The van der Waals surface area contributed by atoms with E-state index in [1.54, 1.807) is 54.6 Å². The quantitative estimate of drug-likeness (QED) is 0.117. The van der Waals surface area contributed by atoms with Crippen LogP contribution >= 0.6 is 0 Å². The zero-order valence-corrected chi connectivity index (χ0v) is 28.8. The lowest BCUT2D eigenvalue weighted by Gasteiger charge is -2.13. The second-order valence-electron chi connectivity index (χ2n) is 12.9. The van der Waals surface area contributed by atoms with Gasteiger partial charge in [-0.2, -0.15) is 0 Å². The van der Waals surface area contributed by atoms with E-state index in [0.29, 0.717) is 33.4 Å². The van der Waals surface area contributed by atoms with Crippen molar-refractivity contribution in [3.63, 3.8) is 0 Å². The van der Waals surface area contributed by atoms with Gasteiger partial charge in [-0.1, -0.05) is 72.8 Å². The molecule has 0 N–H and O–H groups in total. The Hall–Kier alpha value is -7.44. The Kier molecular flexibility index (Phi) is 10.00. The van der Waals surface area contributed by atoms with Gasteiger partial charge in [0.1, 0.15) is 37.7 Å². The van der Waals surface area contributed by atoms with Gasteiger partial charge in [-0.3, -0.25) is 28.8 Å². The first-order chi connectivity index (χ1) is 26.4. The standard InChI is InChI=1S/C48H30O6/c49-25-31-13-32(26-50)17-43(16-31)37-1-7-40(8-2-37)46-22-47(41-9-3-38(4-10-41)44-18-33(27-51)14-34(19-44)28-52)24-48(23-46)42-11-5-39(6-12-42)45-20-35(29-53)15-36(21-45)30-54/h1-30H. The van der Waals surface area contributed by atoms with E-state index in [0.717, 1.165) is 104 Å². The molecule has 0 saturated heterocycles. The minimum absolute atomic E-state index is 0.425. The Morgan fingerprint density at radius 3 is 0.481 bits per heavy atom. The molecule has 6 heteroatoms. The molecule has 0 saturated carbocycles. The number of carbonyl (C=O) groups is 6. The Bertz CT molecular complexity index is 2200. The van der Waals surface area contributed by atoms with Crippen molar-refractivity contribution in [2.45, 2.75) is 0 Å². The van der Waals surface area contributed by atoms with Crippen LogP contribution in [0.2, 0.25) is 0 Å². The molecule has 0 heterocycles. The third-order valence-electron chi connectivity index (χ3n) is 9.34. The Balaban J connectivity index is 1.30. The molecule has 0 fully saturated rings. The van der Waals surface area contributed by atoms with Gasteiger partial charge in [0, 0.05) is 33.4 Å². The predicted octanol–water partition coefficient (Wildman–Crippen LogP) is 10.6. The van der Waals surface area contributed by atoms with Crippen LogP contribution < -0.4 is 0 Å². The van der Waals surface area contributed by atoms with E-state index in [-0.39, 0.29) is 0 Å². The van der Waals surface area contributed by atoms with E-state index in [4.69, 9.17) is 0 Å². The summed E-state index contributed by atoms with van der Waals surface area (Å²) in [5, 5.41) is 0. The lowest BCUT2D eigenvalue weighted by atomic mass is 9.91. The number of benzene rings is 7. The third kappa shape index (κ3) is 7.45. The Morgan fingerprint density at radius 1 is 0.185 bits per heavy atom. The Morgan fingerprint density at radius 2 is 0.333 bits per heavy atom. The summed E-state index contributed by atoms with van der Waals surface area (Å²) in [5.74, 6) is 0. The van der Waals surface area contributed by atoms with Gasteiger partial charge >= 0.3 is 0 Å².